The van der Waals surface area contributed by atoms with Crippen LogP contribution in [0, 0.1) is 0 Å². The highest BCUT2D eigenvalue weighted by Gasteiger charge is 2.24. The monoisotopic (exact) mass is 364 g/mol. The van der Waals surface area contributed by atoms with Crippen molar-refractivity contribution in [2.75, 3.05) is 0 Å². The fraction of sp³-hybridized carbons (Fsp3) is 0.357. The molecule has 1 aliphatic rings. The quantitative estimate of drug-likeness (QED) is 0.746. The molecule has 0 spiro atoms. The third kappa shape index (κ3) is 2.24. The van der Waals surface area contributed by atoms with Crippen molar-refractivity contribution in [2.24, 2.45) is 0 Å². The molecule has 3 aromatic rings. The molecule has 2 heterocycles. The van der Waals surface area contributed by atoms with E-state index >= 15 is 0 Å². The Morgan fingerprint density at radius 2 is 2.05 bits per heavy atom. The molecule has 1 fully saturated rings. The zero-order valence-corrected chi connectivity index (χ0v) is 13.6. The van der Waals surface area contributed by atoms with E-state index in [-0.39, 0.29) is 5.75 Å². The van der Waals surface area contributed by atoms with Crippen molar-refractivity contribution >= 4 is 32.2 Å². The Balaban J connectivity index is 1.78. The van der Waals surface area contributed by atoms with Crippen LogP contribution in [0.2, 0.25) is 0 Å². The lowest BCUT2D eigenvalue weighted by atomic mass is 10.1. The number of benzene rings is 1. The van der Waals surface area contributed by atoms with Gasteiger partial charge >= 0.3 is 0 Å². The molecule has 0 radical (unpaired) electrons. The molecule has 108 valence electrons. The van der Waals surface area contributed by atoms with Crippen LogP contribution < -0.4 is 0 Å². The summed E-state index contributed by atoms with van der Waals surface area (Å²) in [6, 6.07) is 5.47. The largest absolute Gasteiger partial charge is 0.507 e. The van der Waals surface area contributed by atoms with Crippen LogP contribution in [0.1, 0.15) is 37.4 Å². The van der Waals surface area contributed by atoms with Gasteiger partial charge in [-0.25, -0.2) is 0 Å². The van der Waals surface area contributed by atoms with Gasteiger partial charge < -0.3 is 5.11 Å². The molecule has 2 aromatic heterocycles. The second-order valence-corrected chi connectivity index (χ2v) is 7.12. The average Bonchev–Trinajstić information content (AvgIpc) is 3.16. The molecule has 0 saturated heterocycles. The Morgan fingerprint density at radius 3 is 2.81 bits per heavy atom. The van der Waals surface area contributed by atoms with Crippen LogP contribution in [0.15, 0.2) is 22.7 Å². The van der Waals surface area contributed by atoms with Gasteiger partial charge in [-0.3, -0.25) is 0 Å². The van der Waals surface area contributed by atoms with Gasteiger partial charge in [-0.05, 0) is 40.9 Å². The summed E-state index contributed by atoms with van der Waals surface area (Å²) in [7, 11) is 0. The molecule has 1 saturated carbocycles. The summed E-state index contributed by atoms with van der Waals surface area (Å²) in [4.78, 5) is 0.814. The molecule has 1 aromatic carbocycles. The Hall–Kier alpha value is -1.47. The lowest BCUT2D eigenvalue weighted by Gasteiger charge is -2.03. The first-order valence-electron chi connectivity index (χ1n) is 6.93. The molecule has 4 rings (SSSR count). The second-order valence-electron chi connectivity index (χ2n) is 5.31. The van der Waals surface area contributed by atoms with Crippen LogP contribution >= 0.6 is 27.3 Å². The number of nitrogens with zero attached hydrogens (tertiary/aromatic N) is 4. The number of aromatic nitrogens is 4. The van der Waals surface area contributed by atoms with Crippen molar-refractivity contribution in [3.63, 3.8) is 0 Å². The zero-order valence-electron chi connectivity index (χ0n) is 11.2. The highest BCUT2D eigenvalue weighted by Crippen LogP contribution is 2.36. The van der Waals surface area contributed by atoms with Gasteiger partial charge in [0.05, 0.1) is 4.47 Å². The van der Waals surface area contributed by atoms with Gasteiger partial charge in [-0.1, -0.05) is 30.2 Å². The lowest BCUT2D eigenvalue weighted by Crippen LogP contribution is -2.01. The predicted molar refractivity (Wildman–Crippen MR) is 84.7 cm³/mol. The first-order valence-corrected chi connectivity index (χ1v) is 8.54. The van der Waals surface area contributed by atoms with Gasteiger partial charge in [-0.15, -0.1) is 10.2 Å². The van der Waals surface area contributed by atoms with E-state index in [4.69, 9.17) is 0 Å². The summed E-state index contributed by atoms with van der Waals surface area (Å²) >= 11 is 4.79. The van der Waals surface area contributed by atoms with Crippen molar-refractivity contribution in [3.05, 3.63) is 28.5 Å². The fourth-order valence-corrected chi connectivity index (χ4v) is 3.92. The maximum absolute atomic E-state index is 9.81. The van der Waals surface area contributed by atoms with E-state index in [9.17, 15) is 5.11 Å². The van der Waals surface area contributed by atoms with E-state index in [2.05, 4.69) is 31.2 Å². The van der Waals surface area contributed by atoms with E-state index in [1.165, 1.54) is 37.0 Å². The Bertz CT molecular complexity index is 807. The van der Waals surface area contributed by atoms with Gasteiger partial charge in [0.25, 0.3) is 0 Å². The summed E-state index contributed by atoms with van der Waals surface area (Å²) in [5.74, 6) is 1.68. The minimum Gasteiger partial charge on any atom is -0.507 e. The first kappa shape index (κ1) is 13.2. The fourth-order valence-electron chi connectivity index (χ4n) is 2.83. The maximum Gasteiger partial charge on any atom is 0.234 e. The summed E-state index contributed by atoms with van der Waals surface area (Å²) in [6.07, 6.45) is 4.87. The number of hydrogen-bond donors (Lipinski definition) is 1. The Morgan fingerprint density at radius 1 is 1.24 bits per heavy atom. The van der Waals surface area contributed by atoms with Gasteiger partial charge in [0.2, 0.25) is 4.96 Å². The highest BCUT2D eigenvalue weighted by molar-refractivity contribution is 9.10. The third-order valence-corrected chi connectivity index (χ3v) is 5.55. The molecule has 0 atom stereocenters. The number of phenols is 1. The Labute approximate surface area is 133 Å². The van der Waals surface area contributed by atoms with Crippen molar-refractivity contribution in [1.82, 2.24) is 19.8 Å². The summed E-state index contributed by atoms with van der Waals surface area (Å²) in [5, 5.41) is 23.9. The van der Waals surface area contributed by atoms with Gasteiger partial charge in [0, 0.05) is 11.5 Å². The van der Waals surface area contributed by atoms with E-state index < -0.39 is 0 Å². The van der Waals surface area contributed by atoms with E-state index in [0.717, 1.165) is 21.4 Å². The molecule has 1 N–H and O–H groups in total. The number of halogens is 1. The molecule has 0 bridgehead atoms. The van der Waals surface area contributed by atoms with E-state index in [1.807, 2.05) is 16.6 Å². The molecule has 5 nitrogen and oxygen atoms in total. The van der Waals surface area contributed by atoms with Crippen molar-refractivity contribution in [1.29, 1.82) is 0 Å². The predicted octanol–water partition coefficient (Wildman–Crippen LogP) is 3.98. The number of phenolic OH excluding ortho intramolecular Hbond substituents is 1. The molecule has 0 unspecified atom stereocenters. The molecule has 21 heavy (non-hydrogen) atoms. The minimum atomic E-state index is 0.217. The van der Waals surface area contributed by atoms with Crippen molar-refractivity contribution in [3.8, 4) is 16.3 Å². The van der Waals surface area contributed by atoms with Gasteiger partial charge in [0.1, 0.15) is 10.8 Å². The topological polar surface area (TPSA) is 63.3 Å². The molecule has 7 heteroatoms. The van der Waals surface area contributed by atoms with Gasteiger partial charge in [0.15, 0.2) is 5.82 Å². The van der Waals surface area contributed by atoms with Crippen molar-refractivity contribution < 1.29 is 5.11 Å². The third-order valence-electron chi connectivity index (χ3n) is 3.93. The number of aromatic hydroxyl groups is 1. The number of rotatable bonds is 2. The van der Waals surface area contributed by atoms with Crippen LogP contribution in [-0.2, 0) is 0 Å². The van der Waals surface area contributed by atoms with E-state index in [1.54, 1.807) is 6.07 Å². The smallest absolute Gasteiger partial charge is 0.234 e. The summed E-state index contributed by atoms with van der Waals surface area (Å²) < 4.78 is 2.55. The summed E-state index contributed by atoms with van der Waals surface area (Å²) in [5.41, 5.74) is 0.892. The van der Waals surface area contributed by atoms with Crippen LogP contribution in [0.4, 0.5) is 0 Å². The SMILES string of the molecule is Oc1cc(-c2nn3c(C4CCCC4)nnc3s2)ccc1Br. The summed E-state index contributed by atoms with van der Waals surface area (Å²) in [6.45, 7) is 0. The molecule has 0 amide bonds. The molecular weight excluding hydrogens is 352 g/mol. The highest BCUT2D eigenvalue weighted by atomic mass is 79.9. The zero-order chi connectivity index (χ0) is 14.4. The van der Waals surface area contributed by atoms with Crippen LogP contribution in [-0.4, -0.2) is 24.9 Å². The Kier molecular flexibility index (Phi) is 3.19. The number of fused-ring (bicyclic) bond motifs is 1. The second kappa shape index (κ2) is 5.06. The van der Waals surface area contributed by atoms with Crippen LogP contribution in [0.25, 0.3) is 15.5 Å². The standard InChI is InChI=1S/C14H13BrN4OS/c15-10-6-5-9(7-11(10)20)13-18-19-12(8-3-1-2-4-8)16-17-14(19)21-13/h5-8,20H,1-4H2. The maximum atomic E-state index is 9.81. The minimum absolute atomic E-state index is 0.217. The molecule has 0 aliphatic heterocycles. The molecular formula is C14H13BrN4OS. The first-order chi connectivity index (χ1) is 10.2. The normalized spacial score (nSPS) is 16.0. The number of hydrogen-bond acceptors (Lipinski definition) is 5. The van der Waals surface area contributed by atoms with E-state index in [0.29, 0.717) is 10.4 Å². The van der Waals surface area contributed by atoms with Crippen molar-refractivity contribution in [2.45, 2.75) is 31.6 Å². The average molecular weight is 365 g/mol. The van der Waals surface area contributed by atoms with Crippen LogP contribution in [0.3, 0.4) is 0 Å². The van der Waals surface area contributed by atoms with Gasteiger partial charge in [-0.2, -0.15) is 9.61 Å². The molecule has 1 aliphatic carbocycles. The van der Waals surface area contributed by atoms with Crippen LogP contribution in [0.5, 0.6) is 5.75 Å². The lowest BCUT2D eigenvalue weighted by molar-refractivity contribution is 0.472.